The Kier molecular flexibility index (Phi) is 4.79. The second-order valence-electron chi connectivity index (χ2n) is 7.10. The topological polar surface area (TPSA) is 26.7 Å². The molecular formula is C17H30N2O. The van der Waals surface area contributed by atoms with Crippen LogP contribution < -0.4 is 0 Å². The van der Waals surface area contributed by atoms with Gasteiger partial charge in [0.15, 0.2) is 0 Å². The first-order chi connectivity index (χ1) is 9.76. The first-order valence-electron chi connectivity index (χ1n) is 8.51. The molecule has 20 heavy (non-hydrogen) atoms. The highest BCUT2D eigenvalue weighted by molar-refractivity contribution is 4.96. The molecule has 4 atom stereocenters. The van der Waals surface area contributed by atoms with Gasteiger partial charge in [-0.25, -0.2) is 0 Å². The zero-order chi connectivity index (χ0) is 13.9. The molecule has 0 spiro atoms. The van der Waals surface area contributed by atoms with Crippen molar-refractivity contribution in [3.05, 3.63) is 12.7 Å². The van der Waals surface area contributed by atoms with Gasteiger partial charge in [0, 0.05) is 38.8 Å². The second kappa shape index (κ2) is 6.59. The van der Waals surface area contributed by atoms with Crippen molar-refractivity contribution in [3.8, 4) is 0 Å². The van der Waals surface area contributed by atoms with Crippen LogP contribution in [0.5, 0.6) is 0 Å². The standard InChI is InChI=1S/C17H30N2O/c1-2-3-4-16(20)13-18-7-9-19(10-8-18)17-12-14-5-6-15(17)11-14/h2,14-17,20H,1,3-13H2. The fourth-order valence-corrected chi connectivity index (χ4v) is 4.64. The third-order valence-corrected chi connectivity index (χ3v) is 5.75. The van der Waals surface area contributed by atoms with E-state index in [9.17, 15) is 5.11 Å². The Balaban J connectivity index is 1.40. The quantitative estimate of drug-likeness (QED) is 0.754. The highest BCUT2D eigenvalue weighted by atomic mass is 16.3. The van der Waals surface area contributed by atoms with Crippen molar-refractivity contribution < 1.29 is 5.11 Å². The van der Waals surface area contributed by atoms with Gasteiger partial charge in [0.05, 0.1) is 6.10 Å². The van der Waals surface area contributed by atoms with E-state index in [1.165, 1.54) is 38.8 Å². The van der Waals surface area contributed by atoms with E-state index >= 15 is 0 Å². The van der Waals surface area contributed by atoms with Gasteiger partial charge < -0.3 is 5.11 Å². The van der Waals surface area contributed by atoms with Gasteiger partial charge in [-0.1, -0.05) is 12.5 Å². The van der Waals surface area contributed by atoms with Crippen LogP contribution in [0.3, 0.4) is 0 Å². The highest BCUT2D eigenvalue weighted by Crippen LogP contribution is 2.46. The van der Waals surface area contributed by atoms with E-state index < -0.39 is 0 Å². The largest absolute Gasteiger partial charge is 0.392 e. The van der Waals surface area contributed by atoms with Crippen molar-refractivity contribution in [2.45, 2.75) is 50.7 Å². The number of piperazine rings is 1. The van der Waals surface area contributed by atoms with Crippen LogP contribution in [0.4, 0.5) is 0 Å². The van der Waals surface area contributed by atoms with Crippen LogP contribution in [0.25, 0.3) is 0 Å². The van der Waals surface area contributed by atoms with E-state index in [0.29, 0.717) is 0 Å². The van der Waals surface area contributed by atoms with Crippen molar-refractivity contribution in [2.75, 3.05) is 32.7 Å². The van der Waals surface area contributed by atoms with Crippen LogP contribution in [-0.2, 0) is 0 Å². The third-order valence-electron chi connectivity index (χ3n) is 5.75. The average Bonchev–Trinajstić information content (AvgIpc) is 3.08. The molecule has 1 saturated heterocycles. The summed E-state index contributed by atoms with van der Waals surface area (Å²) in [5.74, 6) is 2.05. The number of hydrogen-bond donors (Lipinski definition) is 1. The second-order valence-corrected chi connectivity index (χ2v) is 7.10. The summed E-state index contributed by atoms with van der Waals surface area (Å²) in [5, 5.41) is 9.99. The Hall–Kier alpha value is -0.380. The number of aliphatic hydroxyl groups excluding tert-OH is 1. The molecule has 2 bridgehead atoms. The van der Waals surface area contributed by atoms with E-state index in [1.54, 1.807) is 0 Å². The van der Waals surface area contributed by atoms with E-state index in [2.05, 4.69) is 16.4 Å². The molecule has 2 aliphatic carbocycles. The molecule has 0 amide bonds. The predicted molar refractivity (Wildman–Crippen MR) is 82.7 cm³/mol. The minimum atomic E-state index is -0.179. The van der Waals surface area contributed by atoms with Gasteiger partial charge in [-0.05, 0) is 43.9 Å². The van der Waals surface area contributed by atoms with Gasteiger partial charge in [0.25, 0.3) is 0 Å². The molecule has 3 fully saturated rings. The van der Waals surface area contributed by atoms with Gasteiger partial charge in [-0.2, -0.15) is 0 Å². The van der Waals surface area contributed by atoms with E-state index in [-0.39, 0.29) is 6.10 Å². The lowest BCUT2D eigenvalue weighted by Crippen LogP contribution is -2.52. The van der Waals surface area contributed by atoms with Crippen molar-refractivity contribution in [1.29, 1.82) is 0 Å². The summed E-state index contributed by atoms with van der Waals surface area (Å²) in [7, 11) is 0. The fraction of sp³-hybridized carbons (Fsp3) is 0.882. The van der Waals surface area contributed by atoms with Gasteiger partial charge in [0.2, 0.25) is 0 Å². The van der Waals surface area contributed by atoms with Crippen LogP contribution in [0, 0.1) is 11.8 Å². The number of aliphatic hydroxyl groups is 1. The van der Waals surface area contributed by atoms with Crippen LogP contribution in [-0.4, -0.2) is 59.8 Å². The smallest absolute Gasteiger partial charge is 0.0670 e. The van der Waals surface area contributed by atoms with Crippen molar-refractivity contribution in [2.24, 2.45) is 11.8 Å². The Morgan fingerprint density at radius 3 is 2.55 bits per heavy atom. The highest BCUT2D eigenvalue weighted by Gasteiger charge is 2.42. The van der Waals surface area contributed by atoms with Gasteiger partial charge in [-0.15, -0.1) is 6.58 Å². The maximum atomic E-state index is 9.99. The fourth-order valence-electron chi connectivity index (χ4n) is 4.64. The molecule has 3 heteroatoms. The number of fused-ring (bicyclic) bond motifs is 2. The van der Waals surface area contributed by atoms with E-state index in [0.717, 1.165) is 50.4 Å². The lowest BCUT2D eigenvalue weighted by Gasteiger charge is -2.41. The third kappa shape index (κ3) is 3.26. The van der Waals surface area contributed by atoms with Crippen molar-refractivity contribution >= 4 is 0 Å². The first-order valence-corrected chi connectivity index (χ1v) is 8.51. The summed E-state index contributed by atoms with van der Waals surface area (Å²) in [6, 6.07) is 0.890. The zero-order valence-electron chi connectivity index (χ0n) is 12.7. The van der Waals surface area contributed by atoms with Gasteiger partial charge in [0.1, 0.15) is 0 Å². The van der Waals surface area contributed by atoms with Crippen molar-refractivity contribution in [1.82, 2.24) is 9.80 Å². The maximum Gasteiger partial charge on any atom is 0.0670 e. The molecule has 3 rings (SSSR count). The van der Waals surface area contributed by atoms with Crippen LogP contribution in [0.1, 0.15) is 38.5 Å². The lowest BCUT2D eigenvalue weighted by molar-refractivity contribution is 0.0414. The molecule has 1 heterocycles. The summed E-state index contributed by atoms with van der Waals surface area (Å²) in [6.45, 7) is 9.26. The number of hydrogen-bond acceptors (Lipinski definition) is 3. The Labute approximate surface area is 123 Å². The molecule has 2 saturated carbocycles. The first kappa shape index (κ1) is 14.6. The molecule has 0 aromatic rings. The number of nitrogens with zero attached hydrogens (tertiary/aromatic N) is 2. The predicted octanol–water partition coefficient (Wildman–Crippen LogP) is 2.12. The summed E-state index contributed by atoms with van der Waals surface area (Å²) >= 11 is 0. The Morgan fingerprint density at radius 2 is 1.95 bits per heavy atom. The van der Waals surface area contributed by atoms with Crippen LogP contribution in [0.2, 0.25) is 0 Å². The van der Waals surface area contributed by atoms with Crippen LogP contribution in [0.15, 0.2) is 12.7 Å². The minimum Gasteiger partial charge on any atom is -0.392 e. The average molecular weight is 278 g/mol. The maximum absolute atomic E-state index is 9.99. The Morgan fingerprint density at radius 1 is 1.15 bits per heavy atom. The molecule has 0 aromatic carbocycles. The monoisotopic (exact) mass is 278 g/mol. The normalized spacial score (nSPS) is 36.4. The molecule has 1 aliphatic heterocycles. The zero-order valence-corrected chi connectivity index (χ0v) is 12.7. The molecule has 3 nitrogen and oxygen atoms in total. The number of rotatable bonds is 6. The van der Waals surface area contributed by atoms with Crippen molar-refractivity contribution in [3.63, 3.8) is 0 Å². The Bertz CT molecular complexity index is 325. The molecule has 1 N–H and O–H groups in total. The molecular weight excluding hydrogens is 248 g/mol. The summed E-state index contributed by atoms with van der Waals surface area (Å²) in [4.78, 5) is 5.19. The summed E-state index contributed by atoms with van der Waals surface area (Å²) in [6.07, 6.45) is 9.45. The van der Waals surface area contributed by atoms with Gasteiger partial charge >= 0.3 is 0 Å². The molecule has 0 aromatic heterocycles. The number of allylic oxidation sites excluding steroid dienone is 1. The van der Waals surface area contributed by atoms with E-state index in [4.69, 9.17) is 0 Å². The molecule has 4 unspecified atom stereocenters. The van der Waals surface area contributed by atoms with E-state index in [1.807, 2.05) is 6.08 Å². The molecule has 3 aliphatic rings. The summed E-state index contributed by atoms with van der Waals surface area (Å²) in [5.41, 5.74) is 0. The SMILES string of the molecule is C=CCCC(O)CN1CCN(C2CC3CCC2C3)CC1. The molecule has 0 radical (unpaired) electrons. The van der Waals surface area contributed by atoms with Crippen LogP contribution >= 0.6 is 0 Å². The lowest BCUT2D eigenvalue weighted by atomic mass is 9.93. The summed E-state index contributed by atoms with van der Waals surface area (Å²) < 4.78 is 0. The minimum absolute atomic E-state index is 0.179. The van der Waals surface area contributed by atoms with Gasteiger partial charge in [-0.3, -0.25) is 9.80 Å². The number of β-amino-alcohol motifs (C(OH)–C–C–N with tert-alkyl or cyclic N) is 1. The molecule has 114 valence electrons.